The molecule has 0 radical (unpaired) electrons. The first-order chi connectivity index (χ1) is 8.09. The lowest BCUT2D eigenvalue weighted by molar-refractivity contribution is 0.247. The average Bonchev–Trinajstić information content (AvgIpc) is 2.83. The van der Waals surface area contributed by atoms with Crippen molar-refractivity contribution in [1.29, 1.82) is 0 Å². The Bertz CT molecular complexity index is 408. The Morgan fingerprint density at radius 1 is 1.47 bits per heavy atom. The van der Waals surface area contributed by atoms with Crippen molar-refractivity contribution in [3.8, 4) is 0 Å². The van der Waals surface area contributed by atoms with Crippen molar-refractivity contribution in [2.24, 2.45) is 0 Å². The molecule has 5 heteroatoms. The maximum absolute atomic E-state index is 13.8. The highest BCUT2D eigenvalue weighted by Crippen LogP contribution is 2.26. The zero-order valence-corrected chi connectivity index (χ0v) is 12.0. The van der Waals surface area contributed by atoms with Crippen molar-refractivity contribution in [2.45, 2.75) is 19.0 Å². The van der Waals surface area contributed by atoms with Gasteiger partial charge in [0.15, 0.2) is 0 Å². The number of halogens is 3. The number of rotatable bonds is 3. The van der Waals surface area contributed by atoms with Crippen LogP contribution in [-0.4, -0.2) is 29.5 Å². The molecule has 1 atom stereocenters. The van der Waals surface area contributed by atoms with Crippen LogP contribution in [0.4, 0.5) is 8.78 Å². The van der Waals surface area contributed by atoms with Gasteiger partial charge in [0.25, 0.3) is 0 Å². The predicted octanol–water partition coefficient (Wildman–Crippen LogP) is 3.66. The van der Waals surface area contributed by atoms with Gasteiger partial charge in [-0.15, -0.1) is 0 Å². The summed E-state index contributed by atoms with van der Waals surface area (Å²) in [5.74, 6) is 1.23. The van der Waals surface area contributed by atoms with Gasteiger partial charge in [-0.1, -0.05) is 0 Å². The first-order valence-corrected chi connectivity index (χ1v) is 7.44. The van der Waals surface area contributed by atoms with Gasteiger partial charge in [-0.05, 0) is 47.3 Å². The van der Waals surface area contributed by atoms with E-state index in [0.29, 0.717) is 17.1 Å². The highest BCUT2D eigenvalue weighted by Gasteiger charge is 2.22. The Morgan fingerprint density at radius 2 is 2.24 bits per heavy atom. The number of thioether (sulfide) groups is 1. The normalized spacial score (nSPS) is 20.2. The first kappa shape index (κ1) is 13.3. The average molecular weight is 322 g/mol. The molecule has 0 N–H and O–H groups in total. The second kappa shape index (κ2) is 5.67. The highest BCUT2D eigenvalue weighted by atomic mass is 79.9. The number of hydrogen-bond acceptors (Lipinski definition) is 2. The third-order valence-corrected chi connectivity index (χ3v) is 4.83. The van der Waals surface area contributed by atoms with Crippen molar-refractivity contribution in [3.05, 3.63) is 33.8 Å². The van der Waals surface area contributed by atoms with Crippen LogP contribution in [0.3, 0.4) is 0 Å². The molecule has 0 bridgehead atoms. The van der Waals surface area contributed by atoms with Crippen LogP contribution in [0, 0.1) is 11.6 Å². The van der Waals surface area contributed by atoms with Gasteiger partial charge in [-0.2, -0.15) is 11.8 Å². The van der Waals surface area contributed by atoms with Crippen LogP contribution in [-0.2, 0) is 6.54 Å². The van der Waals surface area contributed by atoms with E-state index in [-0.39, 0.29) is 5.56 Å². The maximum atomic E-state index is 13.8. The van der Waals surface area contributed by atoms with Gasteiger partial charge >= 0.3 is 0 Å². The van der Waals surface area contributed by atoms with Gasteiger partial charge < -0.3 is 0 Å². The van der Waals surface area contributed by atoms with Crippen molar-refractivity contribution in [1.82, 2.24) is 4.90 Å². The second-order valence-corrected chi connectivity index (χ2v) is 6.26. The number of benzene rings is 1. The molecule has 17 heavy (non-hydrogen) atoms. The molecule has 1 unspecified atom stereocenters. The van der Waals surface area contributed by atoms with Crippen molar-refractivity contribution < 1.29 is 8.78 Å². The summed E-state index contributed by atoms with van der Waals surface area (Å²) in [4.78, 5) is 2.04. The lowest BCUT2D eigenvalue weighted by Gasteiger charge is -2.24. The Labute approximate surface area is 113 Å². The Morgan fingerprint density at radius 3 is 2.88 bits per heavy atom. The van der Waals surface area contributed by atoms with E-state index in [0.717, 1.165) is 17.9 Å². The lowest BCUT2D eigenvalue weighted by atomic mass is 10.1. The highest BCUT2D eigenvalue weighted by molar-refractivity contribution is 9.10. The summed E-state index contributed by atoms with van der Waals surface area (Å²) in [5, 5.41) is 0. The molecule has 1 aliphatic heterocycles. The standard InChI is InChI=1S/C12H14BrF2NS/c1-16(8-4-5-17-7-8)6-9-11(14)3-2-10(13)12(9)15/h2-3,8H,4-7H2,1H3. The van der Waals surface area contributed by atoms with E-state index in [4.69, 9.17) is 0 Å². The summed E-state index contributed by atoms with van der Waals surface area (Å²) in [6.45, 7) is 0.322. The molecule has 0 amide bonds. The smallest absolute Gasteiger partial charge is 0.144 e. The fraction of sp³-hybridized carbons (Fsp3) is 0.500. The minimum Gasteiger partial charge on any atom is -0.298 e. The van der Waals surface area contributed by atoms with Crippen LogP contribution in [0.15, 0.2) is 16.6 Å². The monoisotopic (exact) mass is 321 g/mol. The van der Waals surface area contributed by atoms with Gasteiger partial charge in [-0.25, -0.2) is 8.78 Å². The molecule has 0 aliphatic carbocycles. The summed E-state index contributed by atoms with van der Waals surface area (Å²) < 4.78 is 27.7. The predicted molar refractivity (Wildman–Crippen MR) is 71.3 cm³/mol. The van der Waals surface area contributed by atoms with E-state index in [1.165, 1.54) is 12.1 Å². The third-order valence-electron chi connectivity index (χ3n) is 3.08. The molecule has 2 rings (SSSR count). The molecular formula is C12H14BrF2NS. The Kier molecular flexibility index (Phi) is 4.44. The summed E-state index contributed by atoms with van der Waals surface area (Å²) in [6, 6.07) is 3.14. The topological polar surface area (TPSA) is 3.24 Å². The molecule has 0 spiro atoms. The Balaban J connectivity index is 2.14. The zero-order valence-electron chi connectivity index (χ0n) is 9.55. The van der Waals surface area contributed by atoms with Crippen LogP contribution < -0.4 is 0 Å². The quantitative estimate of drug-likeness (QED) is 0.781. The molecule has 1 aromatic rings. The van der Waals surface area contributed by atoms with E-state index in [1.54, 1.807) is 0 Å². The van der Waals surface area contributed by atoms with Crippen molar-refractivity contribution in [3.63, 3.8) is 0 Å². The molecule has 1 aromatic carbocycles. The Hall–Kier alpha value is -0.130. The van der Waals surface area contributed by atoms with Gasteiger partial charge in [0.05, 0.1) is 4.47 Å². The second-order valence-electron chi connectivity index (χ2n) is 4.25. The van der Waals surface area contributed by atoms with Crippen LogP contribution >= 0.6 is 27.7 Å². The molecule has 1 heterocycles. The van der Waals surface area contributed by atoms with E-state index in [2.05, 4.69) is 15.9 Å². The van der Waals surface area contributed by atoms with Gasteiger partial charge in [-0.3, -0.25) is 4.90 Å². The maximum Gasteiger partial charge on any atom is 0.144 e. The molecular weight excluding hydrogens is 308 g/mol. The van der Waals surface area contributed by atoms with E-state index in [9.17, 15) is 8.78 Å². The fourth-order valence-corrected chi connectivity index (χ4v) is 3.63. The van der Waals surface area contributed by atoms with Gasteiger partial charge in [0, 0.05) is 23.9 Å². The molecule has 1 fully saturated rings. The van der Waals surface area contributed by atoms with Crippen LogP contribution in [0.25, 0.3) is 0 Å². The fourth-order valence-electron chi connectivity index (χ4n) is 1.96. The number of nitrogens with zero attached hydrogens (tertiary/aromatic N) is 1. The molecule has 1 nitrogen and oxygen atoms in total. The summed E-state index contributed by atoms with van der Waals surface area (Å²) in [5.41, 5.74) is 0.152. The first-order valence-electron chi connectivity index (χ1n) is 5.50. The van der Waals surface area contributed by atoms with Gasteiger partial charge in [0.2, 0.25) is 0 Å². The summed E-state index contributed by atoms with van der Waals surface area (Å²) >= 11 is 4.98. The van der Waals surface area contributed by atoms with Crippen molar-refractivity contribution in [2.75, 3.05) is 18.6 Å². The molecule has 94 valence electrons. The molecule has 1 saturated heterocycles. The van der Waals surface area contributed by atoms with Crippen LogP contribution in [0.2, 0.25) is 0 Å². The lowest BCUT2D eigenvalue weighted by Crippen LogP contribution is -2.31. The number of hydrogen-bond donors (Lipinski definition) is 0. The van der Waals surface area contributed by atoms with E-state index in [1.807, 2.05) is 23.7 Å². The third kappa shape index (κ3) is 3.01. The van der Waals surface area contributed by atoms with Crippen LogP contribution in [0.1, 0.15) is 12.0 Å². The largest absolute Gasteiger partial charge is 0.298 e. The van der Waals surface area contributed by atoms with E-state index < -0.39 is 11.6 Å². The molecule has 0 saturated carbocycles. The van der Waals surface area contributed by atoms with Crippen LogP contribution in [0.5, 0.6) is 0 Å². The SMILES string of the molecule is CN(Cc1c(F)ccc(Br)c1F)C1CCSC1. The van der Waals surface area contributed by atoms with Crippen molar-refractivity contribution >= 4 is 27.7 Å². The minimum absolute atomic E-state index is 0.152. The summed E-state index contributed by atoms with van der Waals surface area (Å²) in [6.07, 6.45) is 1.10. The molecule has 1 aliphatic rings. The molecule has 0 aromatic heterocycles. The van der Waals surface area contributed by atoms with Gasteiger partial charge in [0.1, 0.15) is 11.6 Å². The van der Waals surface area contributed by atoms with E-state index >= 15 is 0 Å². The zero-order chi connectivity index (χ0) is 12.4. The minimum atomic E-state index is -0.484. The summed E-state index contributed by atoms with van der Waals surface area (Å²) in [7, 11) is 1.93.